The number of benzene rings is 14. The third-order valence-electron chi connectivity index (χ3n) is 16.1. The highest BCUT2D eigenvalue weighted by Crippen LogP contribution is 2.47. The number of hydrogen-bond donors (Lipinski definition) is 0. The van der Waals surface area contributed by atoms with Gasteiger partial charge in [0.25, 0.3) is 0 Å². The van der Waals surface area contributed by atoms with Crippen LogP contribution in [0.2, 0.25) is 0 Å². The van der Waals surface area contributed by atoms with E-state index in [0.717, 1.165) is 111 Å². The van der Waals surface area contributed by atoms with Crippen LogP contribution >= 0.6 is 0 Å². The first-order valence-electron chi connectivity index (χ1n) is 27.3. The van der Waals surface area contributed by atoms with Crippen molar-refractivity contribution < 1.29 is 8.83 Å². The summed E-state index contributed by atoms with van der Waals surface area (Å²) in [5, 5.41) is 13.8. The van der Waals surface area contributed by atoms with Crippen LogP contribution in [0, 0.1) is 0 Å². The SMILES string of the molecule is c1ccc2cc(N(c3cc(-c4cc(-c5ccc6oc7ccccc7c6c5)cc(-c5ccc6oc7ccccc7c6c5)c4)cc(N(c4ccc5ccccc5c4)c4ccc5ccccc5c4)c3)c3ccc4ccccc4c3)ccc2c1. The molecule has 80 heavy (non-hydrogen) atoms. The van der Waals surface area contributed by atoms with Crippen molar-refractivity contribution in [2.24, 2.45) is 0 Å². The Labute approximate surface area is 461 Å². The molecule has 16 aromatic rings. The fraction of sp³-hybridized carbons (Fsp3) is 0. The summed E-state index contributed by atoms with van der Waals surface area (Å²) < 4.78 is 12.8. The Morgan fingerprint density at radius 3 is 0.850 bits per heavy atom. The van der Waals surface area contributed by atoms with Gasteiger partial charge in [0.2, 0.25) is 0 Å². The van der Waals surface area contributed by atoms with Gasteiger partial charge in [-0.3, -0.25) is 0 Å². The molecular weight excluding hydrogens is 973 g/mol. The Morgan fingerprint density at radius 1 is 0.175 bits per heavy atom. The molecule has 0 saturated carbocycles. The normalized spacial score (nSPS) is 11.8. The molecule has 2 heterocycles. The molecule has 374 valence electrons. The molecule has 0 aliphatic carbocycles. The van der Waals surface area contributed by atoms with Crippen molar-refractivity contribution in [2.45, 2.75) is 0 Å². The van der Waals surface area contributed by atoms with Gasteiger partial charge >= 0.3 is 0 Å². The smallest absolute Gasteiger partial charge is 0.135 e. The third kappa shape index (κ3) is 7.92. The maximum atomic E-state index is 6.39. The van der Waals surface area contributed by atoms with E-state index in [4.69, 9.17) is 8.83 Å². The largest absolute Gasteiger partial charge is 0.456 e. The number of furan rings is 2. The lowest BCUT2D eigenvalue weighted by molar-refractivity contribution is 0.668. The number of para-hydroxylation sites is 2. The van der Waals surface area contributed by atoms with Gasteiger partial charge in [0, 0.05) is 55.7 Å². The Kier molecular flexibility index (Phi) is 10.5. The second-order valence-corrected chi connectivity index (χ2v) is 21.0. The molecule has 0 spiro atoms. The van der Waals surface area contributed by atoms with Gasteiger partial charge in [0.05, 0.1) is 0 Å². The van der Waals surface area contributed by atoms with Crippen LogP contribution in [0.25, 0.3) is 120 Å². The van der Waals surface area contributed by atoms with Crippen molar-refractivity contribution in [3.8, 4) is 33.4 Å². The Bertz CT molecular complexity index is 4650. The number of rotatable bonds is 9. The minimum atomic E-state index is 0.867. The van der Waals surface area contributed by atoms with Crippen molar-refractivity contribution in [3.63, 3.8) is 0 Å². The molecule has 0 N–H and O–H groups in total. The van der Waals surface area contributed by atoms with E-state index in [2.05, 4.69) is 277 Å². The van der Waals surface area contributed by atoms with Gasteiger partial charge < -0.3 is 18.6 Å². The topological polar surface area (TPSA) is 32.8 Å². The summed E-state index contributed by atoms with van der Waals surface area (Å²) in [6, 6.07) is 106. The van der Waals surface area contributed by atoms with E-state index >= 15 is 0 Å². The molecule has 0 fully saturated rings. The van der Waals surface area contributed by atoms with Gasteiger partial charge in [-0.15, -0.1) is 0 Å². The predicted octanol–water partition coefficient (Wildman–Crippen LogP) is 22.0. The average molecular weight is 1020 g/mol. The lowest BCUT2D eigenvalue weighted by Gasteiger charge is -2.31. The lowest BCUT2D eigenvalue weighted by atomic mass is 9.91. The van der Waals surface area contributed by atoms with Gasteiger partial charge in [-0.1, -0.05) is 170 Å². The van der Waals surface area contributed by atoms with E-state index < -0.39 is 0 Å². The summed E-state index contributed by atoms with van der Waals surface area (Å²) in [5.74, 6) is 0. The summed E-state index contributed by atoms with van der Waals surface area (Å²) in [4.78, 5) is 4.87. The molecular formula is C76H48N2O2. The van der Waals surface area contributed by atoms with Crippen LogP contribution in [0.1, 0.15) is 0 Å². The first kappa shape index (κ1) is 45.5. The first-order valence-corrected chi connectivity index (χ1v) is 27.3. The lowest BCUT2D eigenvalue weighted by Crippen LogP contribution is -2.14. The zero-order valence-corrected chi connectivity index (χ0v) is 43.4. The van der Waals surface area contributed by atoms with E-state index in [9.17, 15) is 0 Å². The van der Waals surface area contributed by atoms with Crippen molar-refractivity contribution in [2.75, 3.05) is 9.80 Å². The Hall–Kier alpha value is -10.7. The van der Waals surface area contributed by atoms with Gasteiger partial charge in [0.15, 0.2) is 0 Å². The van der Waals surface area contributed by atoms with Crippen LogP contribution in [0.4, 0.5) is 34.1 Å². The van der Waals surface area contributed by atoms with E-state index in [-0.39, 0.29) is 0 Å². The van der Waals surface area contributed by atoms with Crippen molar-refractivity contribution in [1.82, 2.24) is 0 Å². The van der Waals surface area contributed by atoms with Crippen molar-refractivity contribution >= 4 is 121 Å². The summed E-state index contributed by atoms with van der Waals surface area (Å²) in [6.07, 6.45) is 0. The molecule has 4 nitrogen and oxygen atoms in total. The van der Waals surface area contributed by atoms with Crippen LogP contribution < -0.4 is 9.80 Å². The second kappa shape index (κ2) is 18.5. The second-order valence-electron chi connectivity index (χ2n) is 21.0. The molecule has 0 radical (unpaired) electrons. The summed E-state index contributed by atoms with van der Waals surface area (Å²) in [7, 11) is 0. The maximum absolute atomic E-state index is 6.39. The zero-order valence-electron chi connectivity index (χ0n) is 43.4. The molecule has 2 aromatic heterocycles. The van der Waals surface area contributed by atoms with Crippen LogP contribution in [0.15, 0.2) is 300 Å². The Morgan fingerprint density at radius 2 is 0.475 bits per heavy atom. The first-order chi connectivity index (χ1) is 39.6. The standard InChI is InChI=1S/C76H48N2O2/c1-5-17-53-40-63(31-25-49(53)13-1)77(64-32-26-50-14-2-6-18-54(50)41-64)67-44-62(45-68(48-67)78(65-33-27-51-15-3-7-19-55(51)42-65)66-34-28-52-16-4-8-20-56(52)43-66)61-38-59(57-29-35-75-71(46-57)69-21-9-11-23-73(69)79-75)37-60(39-61)58-30-36-76-72(47-58)70-22-10-12-24-74(70)80-76/h1-48H. The van der Waals surface area contributed by atoms with Crippen molar-refractivity contribution in [3.05, 3.63) is 291 Å². The molecule has 0 unspecified atom stereocenters. The molecule has 4 heteroatoms. The molecule has 0 bridgehead atoms. The van der Waals surface area contributed by atoms with Crippen molar-refractivity contribution in [1.29, 1.82) is 0 Å². The quantitative estimate of drug-likeness (QED) is 0.144. The van der Waals surface area contributed by atoms with Crippen LogP contribution in [0.3, 0.4) is 0 Å². The highest BCUT2D eigenvalue weighted by atomic mass is 16.3. The third-order valence-corrected chi connectivity index (χ3v) is 16.1. The fourth-order valence-corrected chi connectivity index (χ4v) is 12.1. The van der Waals surface area contributed by atoms with E-state index in [1.165, 1.54) is 43.1 Å². The molecule has 0 atom stereocenters. The Balaban J connectivity index is 0.987. The molecule has 0 aliphatic heterocycles. The monoisotopic (exact) mass is 1020 g/mol. The van der Waals surface area contributed by atoms with E-state index in [1.807, 2.05) is 24.3 Å². The molecule has 0 aliphatic rings. The fourth-order valence-electron chi connectivity index (χ4n) is 12.1. The highest BCUT2D eigenvalue weighted by Gasteiger charge is 2.22. The maximum Gasteiger partial charge on any atom is 0.135 e. The van der Waals surface area contributed by atoms with Crippen LogP contribution in [0.5, 0.6) is 0 Å². The number of fused-ring (bicyclic) bond motifs is 10. The average Bonchev–Trinajstić information content (AvgIpc) is 4.16. The van der Waals surface area contributed by atoms with E-state index in [1.54, 1.807) is 0 Å². The summed E-state index contributed by atoms with van der Waals surface area (Å²) in [6.45, 7) is 0. The van der Waals surface area contributed by atoms with Gasteiger partial charge in [-0.2, -0.15) is 0 Å². The summed E-state index contributed by atoms with van der Waals surface area (Å²) in [5.41, 5.74) is 16.3. The number of hydrogen-bond acceptors (Lipinski definition) is 4. The summed E-state index contributed by atoms with van der Waals surface area (Å²) >= 11 is 0. The molecule has 16 rings (SSSR count). The van der Waals surface area contributed by atoms with E-state index in [0.29, 0.717) is 0 Å². The number of nitrogens with zero attached hydrogens (tertiary/aromatic N) is 2. The van der Waals surface area contributed by atoms with Gasteiger partial charge in [-0.05, 0) is 198 Å². The highest BCUT2D eigenvalue weighted by molar-refractivity contribution is 6.08. The molecule has 14 aromatic carbocycles. The minimum absolute atomic E-state index is 0.867. The van der Waals surface area contributed by atoms with Gasteiger partial charge in [-0.25, -0.2) is 0 Å². The van der Waals surface area contributed by atoms with Crippen LogP contribution in [-0.4, -0.2) is 0 Å². The predicted molar refractivity (Wildman–Crippen MR) is 337 cm³/mol. The molecule has 0 saturated heterocycles. The van der Waals surface area contributed by atoms with Crippen LogP contribution in [-0.2, 0) is 0 Å². The van der Waals surface area contributed by atoms with Gasteiger partial charge in [0.1, 0.15) is 22.3 Å². The zero-order chi connectivity index (χ0) is 52.7. The molecule has 0 amide bonds. The minimum Gasteiger partial charge on any atom is -0.456 e. The number of anilines is 6.